The standard InChI is InChI=1S/C12H11BrN2O2S/c1-7-5-8(2)15(12(17)14-7)6-9(16)10-3-4-11(13)18-10/h3-5H,6H2,1-2H3. The third kappa shape index (κ3) is 2.76. The minimum Gasteiger partial charge on any atom is -0.291 e. The van der Waals surface area contributed by atoms with E-state index in [2.05, 4.69) is 20.9 Å². The SMILES string of the molecule is Cc1cc(C)n(CC(=O)c2ccc(Br)s2)c(=O)n1. The van der Waals surface area contributed by atoms with E-state index in [0.29, 0.717) is 10.6 Å². The van der Waals surface area contributed by atoms with Gasteiger partial charge in [0.2, 0.25) is 0 Å². The monoisotopic (exact) mass is 326 g/mol. The summed E-state index contributed by atoms with van der Waals surface area (Å²) in [6, 6.07) is 5.36. The van der Waals surface area contributed by atoms with Crippen LogP contribution >= 0.6 is 27.3 Å². The average Bonchev–Trinajstić information content (AvgIpc) is 2.70. The molecular formula is C12H11BrN2O2S. The van der Waals surface area contributed by atoms with E-state index < -0.39 is 0 Å². The second-order valence-electron chi connectivity index (χ2n) is 3.93. The third-order valence-electron chi connectivity index (χ3n) is 2.50. The molecule has 2 aromatic rings. The lowest BCUT2D eigenvalue weighted by Gasteiger charge is -2.07. The highest BCUT2D eigenvalue weighted by Gasteiger charge is 2.12. The minimum absolute atomic E-state index is 0.0326. The molecule has 0 unspecified atom stereocenters. The van der Waals surface area contributed by atoms with Crippen LogP contribution in [0.15, 0.2) is 26.8 Å². The summed E-state index contributed by atoms with van der Waals surface area (Å²) >= 11 is 4.67. The van der Waals surface area contributed by atoms with Crippen LogP contribution in [0.25, 0.3) is 0 Å². The predicted molar refractivity (Wildman–Crippen MR) is 74.3 cm³/mol. The number of aryl methyl sites for hydroxylation is 2. The lowest BCUT2D eigenvalue weighted by molar-refractivity contribution is 0.0973. The van der Waals surface area contributed by atoms with Crippen molar-refractivity contribution in [3.05, 3.63) is 48.7 Å². The van der Waals surface area contributed by atoms with Gasteiger partial charge in [-0.05, 0) is 48.0 Å². The van der Waals surface area contributed by atoms with E-state index in [9.17, 15) is 9.59 Å². The number of nitrogens with zero attached hydrogens (tertiary/aromatic N) is 2. The molecule has 0 spiro atoms. The van der Waals surface area contributed by atoms with Crippen molar-refractivity contribution in [3.63, 3.8) is 0 Å². The van der Waals surface area contributed by atoms with Crippen molar-refractivity contribution in [1.82, 2.24) is 9.55 Å². The van der Waals surface area contributed by atoms with E-state index in [4.69, 9.17) is 0 Å². The molecule has 0 saturated heterocycles. The zero-order valence-electron chi connectivity index (χ0n) is 9.94. The fourth-order valence-electron chi connectivity index (χ4n) is 1.65. The first-order valence-electron chi connectivity index (χ1n) is 5.31. The fraction of sp³-hybridized carbons (Fsp3) is 0.250. The summed E-state index contributed by atoms with van der Waals surface area (Å²) < 4.78 is 2.29. The number of aromatic nitrogens is 2. The predicted octanol–water partition coefficient (Wildman–Crippen LogP) is 2.57. The summed E-state index contributed by atoms with van der Waals surface area (Å²) in [6.07, 6.45) is 0. The minimum atomic E-state index is -0.378. The summed E-state index contributed by atoms with van der Waals surface area (Å²) in [5, 5.41) is 0. The van der Waals surface area contributed by atoms with E-state index >= 15 is 0 Å². The molecule has 94 valence electrons. The number of rotatable bonds is 3. The van der Waals surface area contributed by atoms with Gasteiger partial charge in [-0.25, -0.2) is 4.79 Å². The molecule has 2 aromatic heterocycles. The highest BCUT2D eigenvalue weighted by atomic mass is 79.9. The van der Waals surface area contributed by atoms with E-state index in [1.165, 1.54) is 15.9 Å². The molecule has 0 N–H and O–H groups in total. The normalized spacial score (nSPS) is 10.6. The Hall–Kier alpha value is -1.27. The summed E-state index contributed by atoms with van der Waals surface area (Å²) in [4.78, 5) is 28.2. The van der Waals surface area contributed by atoms with Crippen LogP contribution in [0.5, 0.6) is 0 Å². The second kappa shape index (κ2) is 5.16. The van der Waals surface area contributed by atoms with E-state index in [-0.39, 0.29) is 18.0 Å². The molecule has 0 radical (unpaired) electrons. The van der Waals surface area contributed by atoms with Gasteiger partial charge in [0.05, 0.1) is 15.2 Å². The first kappa shape index (κ1) is 13.2. The quantitative estimate of drug-likeness (QED) is 0.814. The zero-order chi connectivity index (χ0) is 13.3. The number of ketones is 1. The van der Waals surface area contributed by atoms with Crippen LogP contribution in [0, 0.1) is 13.8 Å². The summed E-state index contributed by atoms with van der Waals surface area (Å²) in [6.45, 7) is 3.59. The summed E-state index contributed by atoms with van der Waals surface area (Å²) in [7, 11) is 0. The van der Waals surface area contributed by atoms with Gasteiger partial charge >= 0.3 is 5.69 Å². The van der Waals surface area contributed by atoms with Crippen molar-refractivity contribution in [2.75, 3.05) is 0 Å². The highest BCUT2D eigenvalue weighted by Crippen LogP contribution is 2.22. The molecule has 6 heteroatoms. The van der Waals surface area contributed by atoms with Crippen LogP contribution in [-0.2, 0) is 6.54 Å². The van der Waals surface area contributed by atoms with Crippen LogP contribution in [0.2, 0.25) is 0 Å². The number of Topliss-reactive ketones (excluding diaryl/α,β-unsaturated/α-hetero) is 1. The average molecular weight is 327 g/mol. The molecule has 0 aliphatic rings. The van der Waals surface area contributed by atoms with Gasteiger partial charge in [-0.2, -0.15) is 4.98 Å². The van der Waals surface area contributed by atoms with Crippen LogP contribution < -0.4 is 5.69 Å². The van der Waals surface area contributed by atoms with Gasteiger partial charge < -0.3 is 0 Å². The van der Waals surface area contributed by atoms with Crippen molar-refractivity contribution in [3.8, 4) is 0 Å². The molecule has 4 nitrogen and oxygen atoms in total. The van der Waals surface area contributed by atoms with Crippen molar-refractivity contribution >= 4 is 33.0 Å². The van der Waals surface area contributed by atoms with Crippen molar-refractivity contribution in [1.29, 1.82) is 0 Å². The van der Waals surface area contributed by atoms with Crippen LogP contribution in [0.1, 0.15) is 21.1 Å². The van der Waals surface area contributed by atoms with E-state index in [1.54, 1.807) is 26.0 Å². The number of halogens is 1. The molecule has 0 fully saturated rings. The number of hydrogen-bond donors (Lipinski definition) is 0. The van der Waals surface area contributed by atoms with Crippen LogP contribution in [-0.4, -0.2) is 15.3 Å². The molecule has 0 saturated carbocycles. The Morgan fingerprint density at radius 1 is 1.44 bits per heavy atom. The number of carbonyl (C=O) groups is 1. The smallest absolute Gasteiger partial charge is 0.291 e. The van der Waals surface area contributed by atoms with Gasteiger partial charge in [0.15, 0.2) is 5.78 Å². The number of hydrogen-bond acceptors (Lipinski definition) is 4. The molecule has 0 aromatic carbocycles. The largest absolute Gasteiger partial charge is 0.348 e. The molecule has 0 amide bonds. The molecule has 2 heterocycles. The molecule has 0 bridgehead atoms. The van der Waals surface area contributed by atoms with Crippen LogP contribution in [0.3, 0.4) is 0 Å². The van der Waals surface area contributed by atoms with Crippen molar-refractivity contribution < 1.29 is 4.79 Å². The molecular weight excluding hydrogens is 316 g/mol. The molecule has 0 aliphatic carbocycles. The Labute approximate surface area is 116 Å². The Kier molecular flexibility index (Phi) is 3.77. The van der Waals surface area contributed by atoms with E-state index in [0.717, 1.165) is 9.48 Å². The molecule has 0 atom stereocenters. The Bertz CT molecular complexity index is 660. The second-order valence-corrected chi connectivity index (χ2v) is 6.40. The van der Waals surface area contributed by atoms with Gasteiger partial charge in [0, 0.05) is 11.4 Å². The Morgan fingerprint density at radius 3 is 2.72 bits per heavy atom. The van der Waals surface area contributed by atoms with Gasteiger partial charge in [0.25, 0.3) is 0 Å². The number of thiophene rings is 1. The third-order valence-corrected chi connectivity index (χ3v) is 4.16. The first-order valence-corrected chi connectivity index (χ1v) is 6.92. The van der Waals surface area contributed by atoms with Crippen molar-refractivity contribution in [2.24, 2.45) is 0 Å². The zero-order valence-corrected chi connectivity index (χ0v) is 12.3. The molecule has 18 heavy (non-hydrogen) atoms. The molecule has 0 aliphatic heterocycles. The summed E-state index contributed by atoms with van der Waals surface area (Å²) in [5.74, 6) is -0.0819. The first-order chi connectivity index (χ1) is 8.47. The molecule has 2 rings (SSSR count). The Balaban J connectivity index is 2.30. The van der Waals surface area contributed by atoms with Crippen molar-refractivity contribution in [2.45, 2.75) is 20.4 Å². The van der Waals surface area contributed by atoms with Gasteiger partial charge in [0.1, 0.15) is 0 Å². The fourth-order valence-corrected chi connectivity index (χ4v) is 2.97. The number of carbonyl (C=O) groups excluding carboxylic acids is 1. The lowest BCUT2D eigenvalue weighted by Crippen LogP contribution is -2.28. The van der Waals surface area contributed by atoms with E-state index in [1.807, 2.05) is 6.07 Å². The van der Waals surface area contributed by atoms with Gasteiger partial charge in [-0.15, -0.1) is 11.3 Å². The van der Waals surface area contributed by atoms with Gasteiger partial charge in [-0.3, -0.25) is 9.36 Å². The summed E-state index contributed by atoms with van der Waals surface area (Å²) in [5.41, 5.74) is 1.04. The maximum Gasteiger partial charge on any atom is 0.348 e. The maximum absolute atomic E-state index is 12.0. The van der Waals surface area contributed by atoms with Gasteiger partial charge in [-0.1, -0.05) is 0 Å². The topological polar surface area (TPSA) is 52.0 Å². The lowest BCUT2D eigenvalue weighted by atomic mass is 10.3. The van der Waals surface area contributed by atoms with Crippen LogP contribution in [0.4, 0.5) is 0 Å². The Morgan fingerprint density at radius 2 is 2.17 bits per heavy atom. The highest BCUT2D eigenvalue weighted by molar-refractivity contribution is 9.11. The maximum atomic E-state index is 12.0.